The van der Waals surface area contributed by atoms with E-state index in [0.717, 1.165) is 30.5 Å². The lowest BCUT2D eigenvalue weighted by molar-refractivity contribution is -0.116. The summed E-state index contributed by atoms with van der Waals surface area (Å²) >= 11 is 0. The topological polar surface area (TPSA) is 88.9 Å². The zero-order valence-electron chi connectivity index (χ0n) is 17.9. The van der Waals surface area contributed by atoms with E-state index >= 15 is 0 Å². The first kappa shape index (κ1) is 21.0. The molecule has 4 rings (SSSR count). The number of nitrogens with zero attached hydrogens (tertiary/aromatic N) is 3. The molecule has 2 amide bonds. The van der Waals surface area contributed by atoms with E-state index < -0.39 is 0 Å². The summed E-state index contributed by atoms with van der Waals surface area (Å²) in [4.78, 5) is 24.9. The summed E-state index contributed by atoms with van der Waals surface area (Å²) in [5.74, 6) is -0.131. The van der Waals surface area contributed by atoms with Gasteiger partial charge in [-0.2, -0.15) is 0 Å². The summed E-state index contributed by atoms with van der Waals surface area (Å²) in [6.07, 6.45) is 6.97. The minimum absolute atomic E-state index is 0.0585. The molecule has 0 aliphatic heterocycles. The maximum absolute atomic E-state index is 12.6. The third kappa shape index (κ3) is 5.29. The molecule has 1 aliphatic rings. The maximum Gasteiger partial charge on any atom is 0.251 e. The Hall–Kier alpha value is -3.22. The Kier molecular flexibility index (Phi) is 6.60. The van der Waals surface area contributed by atoms with Gasteiger partial charge < -0.3 is 10.6 Å². The first-order chi connectivity index (χ1) is 15.1. The number of hydrogen-bond acceptors (Lipinski definition) is 4. The van der Waals surface area contributed by atoms with Gasteiger partial charge in [0.15, 0.2) is 0 Å². The molecule has 0 atom stereocenters. The molecule has 0 saturated heterocycles. The summed E-state index contributed by atoms with van der Waals surface area (Å²) in [6, 6.07) is 13.6. The number of fused-ring (bicyclic) bond motifs is 1. The van der Waals surface area contributed by atoms with Crippen LogP contribution in [0.3, 0.4) is 0 Å². The quantitative estimate of drug-likeness (QED) is 0.604. The standard InChI is InChI=1S/C24H29N5O2/c1-2-17-8-11-20(12-9-17)25-23(30)14-15-29-22-13-10-18(16-21(22)27-28-29)24(31)26-19-6-4-3-5-7-19/h8-13,16,19H,2-7,14-15H2,1H3,(H,25,30)(H,26,31). The van der Waals surface area contributed by atoms with Gasteiger partial charge in [-0.15, -0.1) is 5.10 Å². The van der Waals surface area contributed by atoms with E-state index in [1.807, 2.05) is 30.3 Å². The third-order valence-electron chi connectivity index (χ3n) is 5.91. The van der Waals surface area contributed by atoms with Crippen LogP contribution in [0.15, 0.2) is 42.5 Å². The number of aromatic nitrogens is 3. The highest BCUT2D eigenvalue weighted by molar-refractivity contribution is 5.97. The lowest BCUT2D eigenvalue weighted by atomic mass is 9.95. The number of aryl methyl sites for hydroxylation is 2. The van der Waals surface area contributed by atoms with Gasteiger partial charge >= 0.3 is 0 Å². The van der Waals surface area contributed by atoms with Crippen molar-refractivity contribution in [1.29, 1.82) is 0 Å². The van der Waals surface area contributed by atoms with Gasteiger partial charge in [0.2, 0.25) is 5.91 Å². The van der Waals surface area contributed by atoms with E-state index in [1.165, 1.54) is 24.8 Å². The number of hydrogen-bond donors (Lipinski definition) is 2. The molecule has 1 saturated carbocycles. The monoisotopic (exact) mass is 419 g/mol. The molecule has 162 valence electrons. The Labute approximate surface area is 182 Å². The summed E-state index contributed by atoms with van der Waals surface area (Å²) in [5.41, 5.74) is 4.10. The van der Waals surface area contributed by atoms with Crippen LogP contribution >= 0.6 is 0 Å². The second kappa shape index (κ2) is 9.73. The second-order valence-electron chi connectivity index (χ2n) is 8.17. The largest absolute Gasteiger partial charge is 0.349 e. The van der Waals surface area contributed by atoms with Crippen LogP contribution in [0.2, 0.25) is 0 Å². The van der Waals surface area contributed by atoms with Crippen molar-refractivity contribution in [3.63, 3.8) is 0 Å². The third-order valence-corrected chi connectivity index (χ3v) is 5.91. The first-order valence-corrected chi connectivity index (χ1v) is 11.2. The fraction of sp³-hybridized carbons (Fsp3) is 0.417. The number of carbonyl (C=O) groups is 2. The molecular weight excluding hydrogens is 390 g/mol. The smallest absolute Gasteiger partial charge is 0.251 e. The van der Waals surface area contributed by atoms with Crippen LogP contribution in [0.5, 0.6) is 0 Å². The number of amides is 2. The normalized spacial score (nSPS) is 14.5. The minimum Gasteiger partial charge on any atom is -0.349 e. The Morgan fingerprint density at radius 1 is 1.06 bits per heavy atom. The van der Waals surface area contributed by atoms with Crippen LogP contribution in [-0.2, 0) is 17.8 Å². The van der Waals surface area contributed by atoms with Crippen LogP contribution in [0.1, 0.15) is 61.4 Å². The van der Waals surface area contributed by atoms with Crippen LogP contribution in [0.25, 0.3) is 11.0 Å². The molecule has 3 aromatic rings. The van der Waals surface area contributed by atoms with E-state index in [-0.39, 0.29) is 24.3 Å². The highest BCUT2D eigenvalue weighted by Gasteiger charge is 2.17. The number of rotatable bonds is 7. The molecule has 0 unspecified atom stereocenters. The van der Waals surface area contributed by atoms with Crippen LogP contribution in [-0.4, -0.2) is 32.9 Å². The van der Waals surface area contributed by atoms with Crippen molar-refractivity contribution in [1.82, 2.24) is 20.3 Å². The Morgan fingerprint density at radius 3 is 2.58 bits per heavy atom. The summed E-state index contributed by atoms with van der Waals surface area (Å²) in [6.45, 7) is 2.52. The molecule has 2 aromatic carbocycles. The summed E-state index contributed by atoms with van der Waals surface area (Å²) in [5, 5.41) is 14.4. The Bertz CT molecular complexity index is 1050. The molecule has 1 heterocycles. The van der Waals surface area contributed by atoms with E-state index in [0.29, 0.717) is 17.6 Å². The van der Waals surface area contributed by atoms with Crippen molar-refractivity contribution >= 4 is 28.5 Å². The Morgan fingerprint density at radius 2 is 1.84 bits per heavy atom. The van der Waals surface area contributed by atoms with Crippen molar-refractivity contribution in [3.8, 4) is 0 Å². The van der Waals surface area contributed by atoms with Crippen LogP contribution < -0.4 is 10.6 Å². The van der Waals surface area contributed by atoms with Gasteiger partial charge in [0.1, 0.15) is 5.52 Å². The molecule has 0 radical (unpaired) electrons. The fourth-order valence-corrected chi connectivity index (χ4v) is 4.05. The Balaban J connectivity index is 1.35. The van der Waals surface area contributed by atoms with Crippen LogP contribution in [0, 0.1) is 0 Å². The zero-order chi connectivity index (χ0) is 21.6. The summed E-state index contributed by atoms with van der Waals surface area (Å²) in [7, 11) is 0. The number of anilines is 1. The van der Waals surface area contributed by atoms with Gasteiger partial charge in [0.25, 0.3) is 5.91 Å². The number of carbonyl (C=O) groups excluding carboxylic acids is 2. The van der Waals surface area contributed by atoms with Gasteiger partial charge in [-0.3, -0.25) is 9.59 Å². The first-order valence-electron chi connectivity index (χ1n) is 11.2. The zero-order valence-corrected chi connectivity index (χ0v) is 17.9. The molecule has 1 aromatic heterocycles. The molecule has 1 aliphatic carbocycles. The van der Waals surface area contributed by atoms with Gasteiger partial charge in [-0.05, 0) is 55.2 Å². The lowest BCUT2D eigenvalue weighted by Crippen LogP contribution is -2.36. The maximum atomic E-state index is 12.6. The molecular formula is C24H29N5O2. The van der Waals surface area contributed by atoms with Crippen molar-refractivity contribution < 1.29 is 9.59 Å². The van der Waals surface area contributed by atoms with E-state index in [9.17, 15) is 9.59 Å². The van der Waals surface area contributed by atoms with E-state index in [4.69, 9.17) is 0 Å². The summed E-state index contributed by atoms with van der Waals surface area (Å²) < 4.78 is 1.71. The van der Waals surface area contributed by atoms with Crippen molar-refractivity contribution in [2.75, 3.05) is 5.32 Å². The molecule has 1 fully saturated rings. The van der Waals surface area contributed by atoms with Crippen molar-refractivity contribution in [2.24, 2.45) is 0 Å². The van der Waals surface area contributed by atoms with E-state index in [1.54, 1.807) is 16.8 Å². The van der Waals surface area contributed by atoms with E-state index in [2.05, 4.69) is 27.9 Å². The highest BCUT2D eigenvalue weighted by atomic mass is 16.2. The minimum atomic E-state index is -0.0728. The van der Waals surface area contributed by atoms with Gasteiger partial charge in [0.05, 0.1) is 12.1 Å². The molecule has 0 bridgehead atoms. The predicted octanol–water partition coefficient (Wildman–Crippen LogP) is 4.09. The average Bonchev–Trinajstić information content (AvgIpc) is 3.21. The molecule has 31 heavy (non-hydrogen) atoms. The molecule has 0 spiro atoms. The van der Waals surface area contributed by atoms with Crippen molar-refractivity contribution in [2.45, 2.75) is 64.5 Å². The SMILES string of the molecule is CCc1ccc(NC(=O)CCn2nnc3cc(C(=O)NC4CCCCC4)ccc32)cc1. The average molecular weight is 420 g/mol. The van der Waals surface area contributed by atoms with Gasteiger partial charge in [0, 0.05) is 23.7 Å². The second-order valence-corrected chi connectivity index (χ2v) is 8.17. The fourth-order valence-electron chi connectivity index (χ4n) is 4.05. The predicted molar refractivity (Wildman–Crippen MR) is 121 cm³/mol. The molecule has 7 nitrogen and oxygen atoms in total. The number of nitrogens with one attached hydrogen (secondary N) is 2. The number of benzene rings is 2. The van der Waals surface area contributed by atoms with Gasteiger partial charge in [-0.25, -0.2) is 4.68 Å². The lowest BCUT2D eigenvalue weighted by Gasteiger charge is -2.22. The molecule has 2 N–H and O–H groups in total. The van der Waals surface area contributed by atoms with Gasteiger partial charge in [-0.1, -0.05) is 43.5 Å². The van der Waals surface area contributed by atoms with Crippen molar-refractivity contribution in [3.05, 3.63) is 53.6 Å². The van der Waals surface area contributed by atoms with Crippen LogP contribution in [0.4, 0.5) is 5.69 Å². The highest BCUT2D eigenvalue weighted by Crippen LogP contribution is 2.19. The molecule has 7 heteroatoms.